The van der Waals surface area contributed by atoms with E-state index in [0.29, 0.717) is 13.0 Å². The van der Waals surface area contributed by atoms with Gasteiger partial charge in [0.1, 0.15) is 0 Å². The van der Waals surface area contributed by atoms with Gasteiger partial charge in [0, 0.05) is 7.05 Å². The van der Waals surface area contributed by atoms with Crippen molar-refractivity contribution in [2.75, 3.05) is 13.6 Å². The number of benzene rings is 2. The predicted octanol–water partition coefficient (Wildman–Crippen LogP) is 2.30. The van der Waals surface area contributed by atoms with Crippen LogP contribution in [0.2, 0.25) is 0 Å². The van der Waals surface area contributed by atoms with E-state index in [1.54, 1.807) is 4.90 Å². The molecule has 0 fully saturated rings. The highest BCUT2D eigenvalue weighted by atomic mass is 16.2. The zero-order valence-electron chi connectivity index (χ0n) is 13.6. The highest BCUT2D eigenvalue weighted by molar-refractivity contribution is 5.82. The molecule has 0 saturated heterocycles. The molecule has 4 heteroatoms. The predicted molar refractivity (Wildman–Crippen MR) is 93.8 cm³/mol. The molecule has 0 unspecified atom stereocenters. The summed E-state index contributed by atoms with van der Waals surface area (Å²) in [5, 5.41) is 0. The lowest BCUT2D eigenvalue weighted by Crippen LogP contribution is -2.43. The summed E-state index contributed by atoms with van der Waals surface area (Å²) in [6, 6.07) is 19.4. The summed E-state index contributed by atoms with van der Waals surface area (Å²) < 4.78 is 0. The van der Waals surface area contributed by atoms with Crippen molar-refractivity contribution in [1.29, 1.82) is 0 Å². The first kappa shape index (κ1) is 17.2. The van der Waals surface area contributed by atoms with Crippen LogP contribution in [0.5, 0.6) is 0 Å². The SMILES string of the molecule is CN(C(=O)[C@@H](N)CCCN)C(c1ccccc1)c1ccccc1. The van der Waals surface area contributed by atoms with Gasteiger partial charge in [0.25, 0.3) is 0 Å². The van der Waals surface area contributed by atoms with E-state index in [1.165, 1.54) is 0 Å². The zero-order valence-corrected chi connectivity index (χ0v) is 13.6. The molecule has 1 amide bonds. The molecule has 1 atom stereocenters. The number of hydrogen-bond donors (Lipinski definition) is 2. The van der Waals surface area contributed by atoms with Crippen molar-refractivity contribution in [3.8, 4) is 0 Å². The molecule has 4 N–H and O–H groups in total. The number of hydrogen-bond acceptors (Lipinski definition) is 3. The van der Waals surface area contributed by atoms with Crippen LogP contribution in [0.15, 0.2) is 60.7 Å². The van der Waals surface area contributed by atoms with Crippen molar-refractivity contribution < 1.29 is 4.79 Å². The third kappa shape index (κ3) is 4.41. The third-order valence-electron chi connectivity index (χ3n) is 4.00. The fourth-order valence-corrected chi connectivity index (χ4v) is 2.76. The molecule has 0 bridgehead atoms. The van der Waals surface area contributed by atoms with Gasteiger partial charge in [-0.15, -0.1) is 0 Å². The summed E-state index contributed by atoms with van der Waals surface area (Å²) in [6.45, 7) is 0.547. The fraction of sp³-hybridized carbons (Fsp3) is 0.316. The maximum absolute atomic E-state index is 12.7. The number of likely N-dealkylation sites (N-methyl/N-ethyl adjacent to an activating group) is 1. The minimum atomic E-state index is -0.515. The van der Waals surface area contributed by atoms with E-state index < -0.39 is 6.04 Å². The average Bonchev–Trinajstić information content (AvgIpc) is 2.61. The molecule has 4 nitrogen and oxygen atoms in total. The Balaban J connectivity index is 2.29. The second kappa shape index (κ2) is 8.46. The van der Waals surface area contributed by atoms with Crippen LogP contribution in [0.3, 0.4) is 0 Å². The lowest BCUT2D eigenvalue weighted by atomic mass is 9.96. The van der Waals surface area contributed by atoms with Gasteiger partial charge in [-0.3, -0.25) is 4.79 Å². The second-order valence-electron chi connectivity index (χ2n) is 5.71. The first-order valence-electron chi connectivity index (χ1n) is 7.97. The van der Waals surface area contributed by atoms with Crippen LogP contribution in [0, 0.1) is 0 Å². The molecule has 2 rings (SSSR count). The van der Waals surface area contributed by atoms with E-state index in [-0.39, 0.29) is 11.9 Å². The number of nitrogens with two attached hydrogens (primary N) is 2. The van der Waals surface area contributed by atoms with Gasteiger partial charge >= 0.3 is 0 Å². The lowest BCUT2D eigenvalue weighted by molar-refractivity contribution is -0.133. The highest BCUT2D eigenvalue weighted by Crippen LogP contribution is 2.28. The number of carbonyl (C=O) groups is 1. The normalized spacial score (nSPS) is 12.2. The van der Waals surface area contributed by atoms with Crippen molar-refractivity contribution in [3.63, 3.8) is 0 Å². The van der Waals surface area contributed by atoms with Crippen LogP contribution in [0.4, 0.5) is 0 Å². The molecule has 0 spiro atoms. The lowest BCUT2D eigenvalue weighted by Gasteiger charge is -2.31. The van der Waals surface area contributed by atoms with E-state index in [4.69, 9.17) is 11.5 Å². The van der Waals surface area contributed by atoms with E-state index in [2.05, 4.69) is 0 Å². The molecule has 0 heterocycles. The van der Waals surface area contributed by atoms with Gasteiger partial charge in [-0.05, 0) is 30.5 Å². The van der Waals surface area contributed by atoms with Crippen molar-refractivity contribution in [2.45, 2.75) is 24.9 Å². The largest absolute Gasteiger partial charge is 0.333 e. The van der Waals surface area contributed by atoms with Crippen LogP contribution >= 0.6 is 0 Å². The molecule has 2 aromatic rings. The molecule has 0 aliphatic carbocycles. The molecule has 0 aromatic heterocycles. The standard InChI is InChI=1S/C19H25N3O/c1-22(19(23)17(21)13-8-14-20)18(15-9-4-2-5-10-15)16-11-6-3-7-12-16/h2-7,9-12,17-18H,8,13-14,20-21H2,1H3/t17-/m0/s1. The molecule has 0 aliphatic heterocycles. The van der Waals surface area contributed by atoms with Gasteiger partial charge < -0.3 is 16.4 Å². The van der Waals surface area contributed by atoms with Crippen LogP contribution in [-0.2, 0) is 4.79 Å². The van der Waals surface area contributed by atoms with Gasteiger partial charge in [-0.25, -0.2) is 0 Å². The Labute approximate surface area is 138 Å². The van der Waals surface area contributed by atoms with Crippen LogP contribution in [-0.4, -0.2) is 30.4 Å². The van der Waals surface area contributed by atoms with E-state index in [1.807, 2.05) is 67.7 Å². The van der Waals surface area contributed by atoms with Crippen molar-refractivity contribution in [2.24, 2.45) is 11.5 Å². The van der Waals surface area contributed by atoms with Crippen molar-refractivity contribution in [1.82, 2.24) is 4.90 Å². The summed E-state index contributed by atoms with van der Waals surface area (Å²) >= 11 is 0. The van der Waals surface area contributed by atoms with E-state index >= 15 is 0 Å². The summed E-state index contributed by atoms with van der Waals surface area (Å²) in [5.41, 5.74) is 13.7. The Morgan fingerprint density at radius 3 is 1.91 bits per heavy atom. The Bertz CT molecular complexity index is 561. The summed E-state index contributed by atoms with van der Waals surface area (Å²) in [7, 11) is 1.81. The average molecular weight is 311 g/mol. The molecule has 122 valence electrons. The molecule has 23 heavy (non-hydrogen) atoms. The van der Waals surface area contributed by atoms with E-state index in [0.717, 1.165) is 17.5 Å². The Kier molecular flexibility index (Phi) is 6.32. The number of carbonyl (C=O) groups excluding carboxylic acids is 1. The smallest absolute Gasteiger partial charge is 0.240 e. The molecule has 0 radical (unpaired) electrons. The maximum atomic E-state index is 12.7. The van der Waals surface area contributed by atoms with Crippen molar-refractivity contribution in [3.05, 3.63) is 71.8 Å². The van der Waals surface area contributed by atoms with Gasteiger partial charge in [0.05, 0.1) is 12.1 Å². The Hall–Kier alpha value is -2.17. The second-order valence-corrected chi connectivity index (χ2v) is 5.71. The minimum Gasteiger partial charge on any atom is -0.333 e. The van der Waals surface area contributed by atoms with Crippen LogP contribution in [0.25, 0.3) is 0 Å². The third-order valence-corrected chi connectivity index (χ3v) is 4.00. The van der Waals surface area contributed by atoms with Gasteiger partial charge in [0.15, 0.2) is 0 Å². The van der Waals surface area contributed by atoms with Crippen molar-refractivity contribution >= 4 is 5.91 Å². The summed E-state index contributed by atoms with van der Waals surface area (Å²) in [5.74, 6) is -0.0591. The van der Waals surface area contributed by atoms with Crippen LogP contribution < -0.4 is 11.5 Å². The molecule has 0 aliphatic rings. The Morgan fingerprint density at radius 1 is 1.00 bits per heavy atom. The first-order valence-corrected chi connectivity index (χ1v) is 7.97. The molecular weight excluding hydrogens is 286 g/mol. The molecule has 0 saturated carbocycles. The highest BCUT2D eigenvalue weighted by Gasteiger charge is 2.26. The number of rotatable bonds is 7. The summed E-state index contributed by atoms with van der Waals surface area (Å²) in [6.07, 6.45) is 1.36. The minimum absolute atomic E-state index is 0.0591. The monoisotopic (exact) mass is 311 g/mol. The topological polar surface area (TPSA) is 72.3 Å². The van der Waals surface area contributed by atoms with Gasteiger partial charge in [-0.1, -0.05) is 60.7 Å². The van der Waals surface area contributed by atoms with Gasteiger partial charge in [0.2, 0.25) is 5.91 Å². The maximum Gasteiger partial charge on any atom is 0.240 e. The quantitative estimate of drug-likeness (QED) is 0.824. The summed E-state index contributed by atoms with van der Waals surface area (Å²) in [4.78, 5) is 14.4. The zero-order chi connectivity index (χ0) is 16.7. The fourth-order valence-electron chi connectivity index (χ4n) is 2.76. The van der Waals surface area contributed by atoms with Gasteiger partial charge in [-0.2, -0.15) is 0 Å². The van der Waals surface area contributed by atoms with Crippen LogP contribution in [0.1, 0.15) is 30.0 Å². The van der Waals surface area contributed by atoms with E-state index in [9.17, 15) is 4.79 Å². The number of nitrogens with zero attached hydrogens (tertiary/aromatic N) is 1. The Morgan fingerprint density at radius 2 is 1.48 bits per heavy atom. The number of amides is 1. The first-order chi connectivity index (χ1) is 11.1. The molecular formula is C19H25N3O. The molecule has 2 aromatic carbocycles.